The van der Waals surface area contributed by atoms with Gasteiger partial charge in [0, 0.05) is 6.42 Å². The Balaban J connectivity index is 1.37. The Kier molecular flexibility index (Phi) is 51.5. The van der Waals surface area contributed by atoms with Crippen LogP contribution in [-0.4, -0.2) is 193 Å². The number of hydrogen-bond acceptors (Lipinski definition) is 18. The number of carbonyl (C=O) groups is 1. The highest BCUT2D eigenvalue weighted by atomic mass is 16.8. The third-order valence-electron chi connectivity index (χ3n) is 19.3. The Morgan fingerprint density at radius 3 is 1.12 bits per heavy atom. The number of aliphatic hydroxyl groups excluding tert-OH is 11. The highest BCUT2D eigenvalue weighted by Crippen LogP contribution is 2.33. The second-order valence-corrected chi connectivity index (χ2v) is 27.5. The summed E-state index contributed by atoms with van der Waals surface area (Å²) in [6.45, 7) is 1.81. The number of allylic oxidation sites excluding steroid dienone is 4. The van der Waals surface area contributed by atoms with Crippen LogP contribution in [0.25, 0.3) is 0 Å². The number of hydrogen-bond donors (Lipinski definition) is 12. The Hall–Kier alpha value is -1.73. The lowest BCUT2D eigenvalue weighted by atomic mass is 9.96. The lowest BCUT2D eigenvalue weighted by Crippen LogP contribution is -2.66. The van der Waals surface area contributed by atoms with Gasteiger partial charge < -0.3 is 89.9 Å². The SMILES string of the molecule is CCCCC/C=C\C/C=C\CCCCCCCCCC(=O)NC(COC1OC(CO)C(OC2OC(CO)C(OC3OC(CO)C(O)C(O)C3O)C(O)C2O)C(O)C1O)C(O)CCCCCCCCCCCCCCCCCCCCCCCCCCCCCCCCC. The predicted octanol–water partition coefficient (Wildman–Crippen LogP) is 11.4. The van der Waals surface area contributed by atoms with Crippen molar-refractivity contribution in [2.45, 2.75) is 413 Å². The lowest BCUT2D eigenvalue weighted by Gasteiger charge is -2.48. The van der Waals surface area contributed by atoms with E-state index in [4.69, 9.17) is 28.4 Å². The van der Waals surface area contributed by atoms with Gasteiger partial charge in [0.25, 0.3) is 0 Å². The third kappa shape index (κ3) is 37.3. The monoisotopic (exact) mass is 1330 g/mol. The highest BCUT2D eigenvalue weighted by molar-refractivity contribution is 5.76. The highest BCUT2D eigenvalue weighted by Gasteiger charge is 2.53. The molecule has 17 unspecified atom stereocenters. The second kappa shape index (κ2) is 56.1. The normalized spacial score (nSPS) is 27.6. The zero-order valence-corrected chi connectivity index (χ0v) is 58.3. The van der Waals surface area contributed by atoms with E-state index in [2.05, 4.69) is 43.5 Å². The van der Waals surface area contributed by atoms with E-state index >= 15 is 0 Å². The first kappa shape index (κ1) is 85.5. The Morgan fingerprint density at radius 1 is 0.387 bits per heavy atom. The van der Waals surface area contributed by atoms with E-state index in [0.717, 1.165) is 77.0 Å². The molecule has 12 N–H and O–H groups in total. The predicted molar refractivity (Wildman–Crippen MR) is 365 cm³/mol. The van der Waals surface area contributed by atoms with Gasteiger partial charge in [0.1, 0.15) is 73.2 Å². The van der Waals surface area contributed by atoms with E-state index in [1.807, 2.05) is 0 Å². The van der Waals surface area contributed by atoms with Crippen LogP contribution in [0.1, 0.15) is 309 Å². The van der Waals surface area contributed by atoms with Crippen LogP contribution in [0.15, 0.2) is 24.3 Å². The number of unbranched alkanes of at least 4 members (excludes halogenated alkanes) is 40. The molecule has 0 radical (unpaired) electrons. The van der Waals surface area contributed by atoms with Gasteiger partial charge in [-0.15, -0.1) is 0 Å². The first-order valence-corrected chi connectivity index (χ1v) is 38.1. The molecule has 17 atom stereocenters. The number of carbonyl (C=O) groups excluding carboxylic acids is 1. The van der Waals surface area contributed by atoms with Gasteiger partial charge in [0.15, 0.2) is 18.9 Å². The molecule has 0 bridgehead atoms. The molecule has 3 aliphatic heterocycles. The van der Waals surface area contributed by atoms with Gasteiger partial charge in [0.05, 0.1) is 38.6 Å². The van der Waals surface area contributed by atoms with Gasteiger partial charge in [-0.2, -0.15) is 0 Å². The molecule has 0 saturated carbocycles. The number of rotatable bonds is 60. The smallest absolute Gasteiger partial charge is 0.220 e. The molecular formula is C74H139NO18. The van der Waals surface area contributed by atoms with Gasteiger partial charge in [-0.05, 0) is 44.9 Å². The zero-order valence-electron chi connectivity index (χ0n) is 58.3. The summed E-state index contributed by atoms with van der Waals surface area (Å²) in [6.07, 6.45) is 38.4. The van der Waals surface area contributed by atoms with E-state index in [9.17, 15) is 61.0 Å². The molecule has 0 aromatic heterocycles. The maximum absolute atomic E-state index is 13.4. The maximum Gasteiger partial charge on any atom is 0.220 e. The number of ether oxygens (including phenoxy) is 6. The summed E-state index contributed by atoms with van der Waals surface area (Å²) < 4.78 is 34.5. The van der Waals surface area contributed by atoms with Crippen molar-refractivity contribution in [2.75, 3.05) is 26.4 Å². The summed E-state index contributed by atoms with van der Waals surface area (Å²) in [5, 5.41) is 121. The Morgan fingerprint density at radius 2 is 0.710 bits per heavy atom. The van der Waals surface area contributed by atoms with Crippen molar-refractivity contribution in [3.05, 3.63) is 24.3 Å². The van der Waals surface area contributed by atoms with Crippen molar-refractivity contribution in [3.8, 4) is 0 Å². The van der Waals surface area contributed by atoms with Crippen molar-refractivity contribution in [1.82, 2.24) is 5.32 Å². The van der Waals surface area contributed by atoms with Crippen molar-refractivity contribution in [3.63, 3.8) is 0 Å². The summed E-state index contributed by atoms with van der Waals surface area (Å²) in [5.41, 5.74) is 0. The van der Waals surface area contributed by atoms with Crippen LogP contribution in [0.3, 0.4) is 0 Å². The van der Waals surface area contributed by atoms with Crippen LogP contribution in [0.2, 0.25) is 0 Å². The maximum atomic E-state index is 13.4. The lowest BCUT2D eigenvalue weighted by molar-refractivity contribution is -0.379. The van der Waals surface area contributed by atoms with Crippen molar-refractivity contribution >= 4 is 5.91 Å². The molecule has 3 aliphatic rings. The van der Waals surface area contributed by atoms with Gasteiger partial charge in [-0.25, -0.2) is 0 Å². The van der Waals surface area contributed by atoms with E-state index < -0.39 is 124 Å². The quantitative estimate of drug-likeness (QED) is 0.0199. The molecule has 548 valence electrons. The fourth-order valence-electron chi connectivity index (χ4n) is 13.1. The number of nitrogens with one attached hydrogen (secondary N) is 1. The molecule has 0 aromatic rings. The molecular weight excluding hydrogens is 1190 g/mol. The molecule has 3 heterocycles. The molecule has 1 amide bonds. The minimum atomic E-state index is -1.97. The van der Waals surface area contributed by atoms with E-state index in [1.54, 1.807) is 0 Å². The van der Waals surface area contributed by atoms with Crippen molar-refractivity contribution < 1.29 is 89.4 Å². The van der Waals surface area contributed by atoms with E-state index in [-0.39, 0.29) is 18.9 Å². The average molecular weight is 1330 g/mol. The summed E-state index contributed by atoms with van der Waals surface area (Å²) in [5.74, 6) is -0.247. The zero-order chi connectivity index (χ0) is 67.5. The van der Waals surface area contributed by atoms with Crippen LogP contribution in [0.5, 0.6) is 0 Å². The fourth-order valence-corrected chi connectivity index (χ4v) is 13.1. The molecule has 19 nitrogen and oxygen atoms in total. The summed E-state index contributed by atoms with van der Waals surface area (Å²) in [6, 6.07) is -0.891. The minimum absolute atomic E-state index is 0.247. The van der Waals surface area contributed by atoms with Gasteiger partial charge in [0.2, 0.25) is 5.91 Å². The number of aliphatic hydroxyl groups is 11. The second-order valence-electron chi connectivity index (χ2n) is 27.5. The topological polar surface area (TPSA) is 307 Å². The van der Waals surface area contributed by atoms with Crippen LogP contribution < -0.4 is 5.32 Å². The van der Waals surface area contributed by atoms with Gasteiger partial charge in [-0.3, -0.25) is 4.79 Å². The molecule has 3 rings (SSSR count). The Labute approximate surface area is 562 Å². The molecule has 3 fully saturated rings. The van der Waals surface area contributed by atoms with Crippen LogP contribution in [0, 0.1) is 0 Å². The minimum Gasteiger partial charge on any atom is -0.394 e. The molecule has 0 spiro atoms. The van der Waals surface area contributed by atoms with E-state index in [1.165, 1.54) is 199 Å². The number of amides is 1. The summed E-state index contributed by atoms with van der Waals surface area (Å²) >= 11 is 0. The Bertz CT molecular complexity index is 1780. The molecule has 0 aromatic carbocycles. The first-order chi connectivity index (χ1) is 45.3. The standard InChI is InChI=1S/C74H139NO18/c1-3-5-7-9-11-13-15-17-19-21-22-23-24-25-26-27-28-29-30-31-32-33-34-36-37-39-41-43-45-47-49-51-58(79)57(75-62(80)52-50-48-46-44-42-40-38-35-20-18-16-14-12-10-8-6-4-2)56-88-72-68(86)65(83)70(60(54-77)90-72)93-74-69(87)66(84)71(61(55-78)91-74)92-73-67(85)64(82)63(81)59(53-76)89-73/h12,14,18,20,57-61,63-74,76-79,81-87H,3-11,13,15-17,19,21-56H2,1-2H3,(H,75,80)/b14-12-,20-18-. The average Bonchev–Trinajstić information content (AvgIpc) is 0.815. The molecule has 3 saturated heterocycles. The van der Waals surface area contributed by atoms with Gasteiger partial charge in [-0.1, -0.05) is 282 Å². The fraction of sp³-hybridized carbons (Fsp3) is 0.932. The third-order valence-corrected chi connectivity index (χ3v) is 19.3. The first-order valence-electron chi connectivity index (χ1n) is 38.1. The van der Waals surface area contributed by atoms with E-state index in [0.29, 0.717) is 12.8 Å². The molecule has 19 heteroatoms. The summed E-state index contributed by atoms with van der Waals surface area (Å²) in [4.78, 5) is 13.4. The van der Waals surface area contributed by atoms with Crippen LogP contribution in [-0.2, 0) is 33.2 Å². The van der Waals surface area contributed by atoms with Crippen molar-refractivity contribution in [1.29, 1.82) is 0 Å². The molecule has 93 heavy (non-hydrogen) atoms. The summed E-state index contributed by atoms with van der Waals surface area (Å²) in [7, 11) is 0. The van der Waals surface area contributed by atoms with Gasteiger partial charge >= 0.3 is 0 Å². The largest absolute Gasteiger partial charge is 0.394 e. The van der Waals surface area contributed by atoms with Crippen LogP contribution >= 0.6 is 0 Å². The van der Waals surface area contributed by atoms with Crippen LogP contribution in [0.4, 0.5) is 0 Å². The molecule has 0 aliphatic carbocycles. The van der Waals surface area contributed by atoms with Crippen molar-refractivity contribution in [2.24, 2.45) is 0 Å².